The minimum absolute atomic E-state index is 0.0852. The molecule has 1 aromatic heterocycles. The number of H-pyrrole nitrogens is 1. The topological polar surface area (TPSA) is 71.2 Å². The van der Waals surface area contributed by atoms with Crippen LogP contribution in [-0.4, -0.2) is 30.1 Å². The van der Waals surface area contributed by atoms with Gasteiger partial charge >= 0.3 is 0 Å². The van der Waals surface area contributed by atoms with Crippen LogP contribution >= 0.6 is 0 Å². The molecule has 0 saturated carbocycles. The summed E-state index contributed by atoms with van der Waals surface area (Å²) in [5.74, 6) is -0.333. The Morgan fingerprint density at radius 3 is 3.12 bits per heavy atom. The van der Waals surface area contributed by atoms with Crippen LogP contribution in [0.2, 0.25) is 0 Å². The molecule has 1 saturated heterocycles. The number of aromatic amines is 1. The second-order valence-electron chi connectivity index (χ2n) is 4.21. The highest BCUT2D eigenvalue weighted by atomic mass is 16.5. The lowest BCUT2D eigenvalue weighted by molar-refractivity contribution is 0.0856. The van der Waals surface area contributed by atoms with Gasteiger partial charge in [-0.15, -0.1) is 0 Å². The highest BCUT2D eigenvalue weighted by molar-refractivity contribution is 5.95. The summed E-state index contributed by atoms with van der Waals surface area (Å²) in [4.78, 5) is 25.9. The Morgan fingerprint density at radius 1 is 1.65 bits per heavy atom. The Balaban J connectivity index is 2.01. The molecule has 1 amide bonds. The first-order chi connectivity index (χ1) is 8.18. The van der Waals surface area contributed by atoms with Gasteiger partial charge in [-0.25, -0.2) is 0 Å². The molecule has 1 atom stereocenters. The van der Waals surface area contributed by atoms with Gasteiger partial charge in [0.2, 0.25) is 0 Å². The molecule has 0 bridgehead atoms. The summed E-state index contributed by atoms with van der Waals surface area (Å²) in [5, 5.41) is 2.74. The van der Waals surface area contributed by atoms with Crippen molar-refractivity contribution in [3.63, 3.8) is 0 Å². The van der Waals surface area contributed by atoms with Crippen molar-refractivity contribution in [1.29, 1.82) is 0 Å². The zero-order chi connectivity index (χ0) is 12.3. The normalized spacial score (nSPS) is 19.2. The van der Waals surface area contributed by atoms with Gasteiger partial charge in [-0.05, 0) is 31.4 Å². The maximum Gasteiger partial charge on any atom is 0.261 e. The average Bonchev–Trinajstić information content (AvgIpc) is 2.79. The lowest BCUT2D eigenvalue weighted by Gasteiger charge is -2.11. The first-order valence-electron chi connectivity index (χ1n) is 5.76. The van der Waals surface area contributed by atoms with Crippen molar-refractivity contribution >= 4 is 5.91 Å². The largest absolute Gasteiger partial charge is 0.376 e. The van der Waals surface area contributed by atoms with Crippen molar-refractivity contribution in [2.45, 2.75) is 25.9 Å². The van der Waals surface area contributed by atoms with Crippen molar-refractivity contribution in [3.8, 4) is 0 Å². The zero-order valence-corrected chi connectivity index (χ0v) is 9.79. The molecule has 5 heteroatoms. The van der Waals surface area contributed by atoms with Gasteiger partial charge in [0, 0.05) is 19.3 Å². The van der Waals surface area contributed by atoms with E-state index < -0.39 is 0 Å². The van der Waals surface area contributed by atoms with Crippen molar-refractivity contribution in [3.05, 3.63) is 33.7 Å². The molecule has 0 spiro atoms. The molecule has 2 heterocycles. The van der Waals surface area contributed by atoms with Gasteiger partial charge in [-0.3, -0.25) is 9.59 Å². The number of pyridine rings is 1. The van der Waals surface area contributed by atoms with E-state index in [0.717, 1.165) is 19.4 Å². The molecular weight excluding hydrogens is 220 g/mol. The Morgan fingerprint density at radius 2 is 2.47 bits per heavy atom. The van der Waals surface area contributed by atoms with Crippen molar-refractivity contribution in [2.24, 2.45) is 0 Å². The van der Waals surface area contributed by atoms with Crippen LogP contribution in [0.3, 0.4) is 0 Å². The third-order valence-electron chi connectivity index (χ3n) is 2.91. The maximum atomic E-state index is 11.9. The van der Waals surface area contributed by atoms with Gasteiger partial charge in [0.15, 0.2) is 0 Å². The van der Waals surface area contributed by atoms with Crippen molar-refractivity contribution < 1.29 is 9.53 Å². The SMILES string of the molecule is Cc1cc[nH]c(=O)c1C(=O)NCC1CCCO1. The summed E-state index contributed by atoms with van der Waals surface area (Å²) < 4.78 is 5.40. The van der Waals surface area contributed by atoms with E-state index in [1.807, 2.05) is 0 Å². The Hall–Kier alpha value is -1.62. The van der Waals surface area contributed by atoms with E-state index in [1.54, 1.807) is 13.0 Å². The molecule has 1 fully saturated rings. The summed E-state index contributed by atoms with van der Waals surface area (Å²) in [6, 6.07) is 1.71. The molecule has 92 valence electrons. The van der Waals surface area contributed by atoms with Crippen LogP contribution < -0.4 is 10.9 Å². The number of ether oxygens (including phenoxy) is 1. The molecule has 2 N–H and O–H groups in total. The fourth-order valence-electron chi connectivity index (χ4n) is 1.96. The third-order valence-corrected chi connectivity index (χ3v) is 2.91. The number of aryl methyl sites for hydroxylation is 1. The number of aromatic nitrogens is 1. The highest BCUT2D eigenvalue weighted by Crippen LogP contribution is 2.10. The van der Waals surface area contributed by atoms with E-state index in [-0.39, 0.29) is 23.1 Å². The first-order valence-corrected chi connectivity index (χ1v) is 5.76. The van der Waals surface area contributed by atoms with Gasteiger partial charge in [-0.1, -0.05) is 0 Å². The van der Waals surface area contributed by atoms with Crippen LogP contribution in [-0.2, 0) is 4.74 Å². The molecule has 0 aromatic carbocycles. The van der Waals surface area contributed by atoms with E-state index in [9.17, 15) is 9.59 Å². The Bertz CT molecular complexity index is 461. The van der Waals surface area contributed by atoms with Crippen LogP contribution in [0.5, 0.6) is 0 Å². The molecule has 1 aliphatic rings. The highest BCUT2D eigenvalue weighted by Gasteiger charge is 2.18. The Kier molecular flexibility index (Phi) is 3.58. The summed E-state index contributed by atoms with van der Waals surface area (Å²) in [6.45, 7) is 2.97. The van der Waals surface area contributed by atoms with Gasteiger partial charge in [0.05, 0.1) is 6.10 Å². The molecule has 1 aromatic rings. The van der Waals surface area contributed by atoms with Crippen molar-refractivity contribution in [2.75, 3.05) is 13.2 Å². The summed E-state index contributed by atoms with van der Waals surface area (Å²) >= 11 is 0. The Labute approximate surface area is 99.2 Å². The number of carbonyl (C=O) groups excluding carboxylic acids is 1. The van der Waals surface area contributed by atoms with Gasteiger partial charge in [0.1, 0.15) is 5.56 Å². The number of hydrogen-bond acceptors (Lipinski definition) is 3. The number of rotatable bonds is 3. The predicted octanol–water partition coefficient (Wildman–Crippen LogP) is 0.592. The molecule has 5 nitrogen and oxygen atoms in total. The smallest absolute Gasteiger partial charge is 0.261 e. The molecular formula is C12H16N2O3. The minimum Gasteiger partial charge on any atom is -0.376 e. The second kappa shape index (κ2) is 5.14. The van der Waals surface area contributed by atoms with E-state index in [1.165, 1.54) is 6.20 Å². The number of hydrogen-bond donors (Lipinski definition) is 2. The van der Waals surface area contributed by atoms with Crippen LogP contribution in [0.4, 0.5) is 0 Å². The molecule has 0 aliphatic carbocycles. The summed E-state index contributed by atoms with van der Waals surface area (Å²) in [7, 11) is 0. The maximum absolute atomic E-state index is 11.9. The lowest BCUT2D eigenvalue weighted by Crippen LogP contribution is -2.35. The first kappa shape index (κ1) is 11.9. The number of nitrogens with one attached hydrogen (secondary N) is 2. The van der Waals surface area contributed by atoms with Crippen LogP contribution in [0, 0.1) is 6.92 Å². The van der Waals surface area contributed by atoms with Crippen molar-refractivity contribution in [1.82, 2.24) is 10.3 Å². The molecule has 0 radical (unpaired) electrons. The van der Waals surface area contributed by atoms with Crippen LogP contribution in [0.1, 0.15) is 28.8 Å². The quantitative estimate of drug-likeness (QED) is 0.807. The number of carbonyl (C=O) groups is 1. The van der Waals surface area contributed by atoms with E-state index >= 15 is 0 Å². The number of amides is 1. The fourth-order valence-corrected chi connectivity index (χ4v) is 1.96. The minimum atomic E-state index is -0.352. The van der Waals surface area contributed by atoms with Crippen LogP contribution in [0.15, 0.2) is 17.1 Å². The third kappa shape index (κ3) is 2.74. The lowest BCUT2D eigenvalue weighted by atomic mass is 10.1. The fraction of sp³-hybridized carbons (Fsp3) is 0.500. The molecule has 2 rings (SSSR count). The zero-order valence-electron chi connectivity index (χ0n) is 9.79. The second-order valence-corrected chi connectivity index (χ2v) is 4.21. The molecule has 1 unspecified atom stereocenters. The monoisotopic (exact) mass is 236 g/mol. The van der Waals surface area contributed by atoms with Gasteiger partial charge in [0.25, 0.3) is 11.5 Å². The summed E-state index contributed by atoms with van der Waals surface area (Å²) in [5.41, 5.74) is 0.513. The van der Waals surface area contributed by atoms with E-state index in [4.69, 9.17) is 4.74 Å². The standard InChI is InChI=1S/C12H16N2O3/c1-8-4-5-13-11(15)10(8)12(16)14-7-9-3-2-6-17-9/h4-5,9H,2-3,6-7H2,1H3,(H,13,15)(H,14,16). The molecule has 17 heavy (non-hydrogen) atoms. The van der Waals surface area contributed by atoms with Gasteiger partial charge in [-0.2, -0.15) is 0 Å². The average molecular weight is 236 g/mol. The molecule has 1 aliphatic heterocycles. The summed E-state index contributed by atoms with van der Waals surface area (Å²) in [6.07, 6.45) is 3.62. The van der Waals surface area contributed by atoms with Gasteiger partial charge < -0.3 is 15.0 Å². The van der Waals surface area contributed by atoms with E-state index in [0.29, 0.717) is 12.1 Å². The van der Waals surface area contributed by atoms with Crippen LogP contribution in [0.25, 0.3) is 0 Å². The van der Waals surface area contributed by atoms with E-state index in [2.05, 4.69) is 10.3 Å². The predicted molar refractivity (Wildman–Crippen MR) is 63.1 cm³/mol.